The number of benzene rings is 2. The Hall–Kier alpha value is -2.99. The van der Waals surface area contributed by atoms with Gasteiger partial charge in [-0.3, -0.25) is 19.8 Å². The van der Waals surface area contributed by atoms with Crippen LogP contribution in [0.15, 0.2) is 54.6 Å². The highest BCUT2D eigenvalue weighted by Gasteiger charge is 2.32. The molecule has 1 N–H and O–H groups in total. The molecule has 0 saturated carbocycles. The molecule has 1 fully saturated rings. The van der Waals surface area contributed by atoms with Gasteiger partial charge in [-0.05, 0) is 42.2 Å². The lowest BCUT2D eigenvalue weighted by Gasteiger charge is -2.27. The highest BCUT2D eigenvalue weighted by atomic mass is 32.1. The first kappa shape index (κ1) is 17.8. The molecule has 6 heteroatoms. The fraction of sp³-hybridized carbons (Fsp3) is 0.150. The van der Waals surface area contributed by atoms with E-state index in [1.807, 2.05) is 43.3 Å². The molecular weight excluding hydrogens is 348 g/mol. The summed E-state index contributed by atoms with van der Waals surface area (Å²) in [6.07, 6.45) is 3.15. The quantitative estimate of drug-likeness (QED) is 0.382. The molecule has 26 heavy (non-hydrogen) atoms. The number of carbonyl (C=O) groups is 2. The number of nitrogens with one attached hydrogen (secondary N) is 1. The fourth-order valence-corrected chi connectivity index (χ4v) is 3.10. The van der Waals surface area contributed by atoms with E-state index in [9.17, 15) is 9.59 Å². The van der Waals surface area contributed by atoms with Gasteiger partial charge in [-0.2, -0.15) is 0 Å². The van der Waals surface area contributed by atoms with Gasteiger partial charge < -0.3 is 4.74 Å². The molecule has 2 aromatic carbocycles. The van der Waals surface area contributed by atoms with Gasteiger partial charge in [-0.1, -0.05) is 36.4 Å². The number of ether oxygens (including phenoxy) is 1. The number of carbonyl (C=O) groups excluding carboxylic acids is 2. The minimum Gasteiger partial charge on any atom is -0.493 e. The fourth-order valence-electron chi connectivity index (χ4n) is 2.85. The summed E-state index contributed by atoms with van der Waals surface area (Å²) in [5.41, 5.74) is 0.795. The summed E-state index contributed by atoms with van der Waals surface area (Å²) in [5, 5.41) is 4.46. The van der Waals surface area contributed by atoms with Crippen molar-refractivity contribution >= 4 is 46.0 Å². The Morgan fingerprint density at radius 3 is 2.62 bits per heavy atom. The zero-order chi connectivity index (χ0) is 18.7. The molecule has 1 aliphatic heterocycles. The Morgan fingerprint density at radius 1 is 1.19 bits per heavy atom. The standard InChI is InChI=1S/C20H18N2O3S/c1-3-11-22-19(24)16(18(23)21-20(22)26)12-13-9-10-17(25-4-2)15-8-6-5-7-14(13)15/h3,5-10,12H,1,4,11H2,2H3,(H,21,23,26)/b16-12+. The first-order chi connectivity index (χ1) is 12.6. The van der Waals surface area contributed by atoms with Crippen LogP contribution in [-0.2, 0) is 9.59 Å². The third-order valence-corrected chi connectivity index (χ3v) is 4.34. The Morgan fingerprint density at radius 2 is 1.92 bits per heavy atom. The van der Waals surface area contributed by atoms with E-state index < -0.39 is 11.8 Å². The van der Waals surface area contributed by atoms with E-state index in [1.54, 1.807) is 12.2 Å². The second-order valence-electron chi connectivity index (χ2n) is 5.65. The third kappa shape index (κ3) is 3.23. The summed E-state index contributed by atoms with van der Waals surface area (Å²) in [6, 6.07) is 11.4. The van der Waals surface area contributed by atoms with E-state index in [2.05, 4.69) is 11.9 Å². The second-order valence-corrected chi connectivity index (χ2v) is 6.04. The van der Waals surface area contributed by atoms with Crippen LogP contribution in [0.4, 0.5) is 0 Å². The monoisotopic (exact) mass is 366 g/mol. The zero-order valence-electron chi connectivity index (χ0n) is 14.3. The first-order valence-electron chi connectivity index (χ1n) is 8.21. The van der Waals surface area contributed by atoms with Gasteiger partial charge in [-0.15, -0.1) is 6.58 Å². The molecule has 0 aliphatic carbocycles. The summed E-state index contributed by atoms with van der Waals surface area (Å²) >= 11 is 5.07. The normalized spacial score (nSPS) is 16.1. The van der Waals surface area contributed by atoms with E-state index in [1.165, 1.54) is 4.90 Å². The summed E-state index contributed by atoms with van der Waals surface area (Å²) < 4.78 is 5.67. The van der Waals surface area contributed by atoms with Gasteiger partial charge in [0.1, 0.15) is 11.3 Å². The van der Waals surface area contributed by atoms with Gasteiger partial charge >= 0.3 is 0 Å². The summed E-state index contributed by atoms with van der Waals surface area (Å²) in [7, 11) is 0. The third-order valence-electron chi connectivity index (χ3n) is 4.01. The van der Waals surface area contributed by atoms with Gasteiger partial charge in [0.25, 0.3) is 11.8 Å². The Labute approximate surface area is 156 Å². The van der Waals surface area contributed by atoms with Crippen molar-refractivity contribution in [1.82, 2.24) is 10.2 Å². The molecular formula is C20H18N2O3S. The Kier molecular flexibility index (Phi) is 5.14. The lowest BCUT2D eigenvalue weighted by atomic mass is 10.00. The molecule has 0 atom stereocenters. The number of fused-ring (bicyclic) bond motifs is 1. The number of nitrogens with zero attached hydrogens (tertiary/aromatic N) is 1. The predicted molar refractivity (Wildman–Crippen MR) is 106 cm³/mol. The van der Waals surface area contributed by atoms with Crippen molar-refractivity contribution in [1.29, 1.82) is 0 Å². The molecule has 0 spiro atoms. The largest absolute Gasteiger partial charge is 0.493 e. The van der Waals surface area contributed by atoms with Crippen molar-refractivity contribution in [3.05, 3.63) is 60.2 Å². The minimum absolute atomic E-state index is 0.0368. The van der Waals surface area contributed by atoms with Crippen molar-refractivity contribution in [3.8, 4) is 5.75 Å². The molecule has 132 valence electrons. The van der Waals surface area contributed by atoms with Crippen LogP contribution in [-0.4, -0.2) is 35.0 Å². The molecule has 3 rings (SSSR count). The number of thiocarbonyl (C=S) groups is 1. The van der Waals surface area contributed by atoms with Gasteiger partial charge in [0.05, 0.1) is 6.61 Å². The number of amides is 2. The van der Waals surface area contributed by atoms with Crippen molar-refractivity contribution in [2.75, 3.05) is 13.2 Å². The summed E-state index contributed by atoms with van der Waals surface area (Å²) in [5.74, 6) is -0.172. The number of hydrogen-bond acceptors (Lipinski definition) is 4. The summed E-state index contributed by atoms with van der Waals surface area (Å²) in [4.78, 5) is 26.3. The molecule has 0 unspecified atom stereocenters. The molecule has 0 radical (unpaired) electrons. The van der Waals surface area contributed by atoms with E-state index in [0.29, 0.717) is 6.61 Å². The Balaban J connectivity index is 2.10. The van der Waals surface area contributed by atoms with Crippen LogP contribution in [0.25, 0.3) is 16.8 Å². The molecule has 2 amide bonds. The van der Waals surface area contributed by atoms with Crippen LogP contribution in [0.3, 0.4) is 0 Å². The van der Waals surface area contributed by atoms with Crippen molar-refractivity contribution in [2.45, 2.75) is 6.92 Å². The Bertz CT molecular complexity index is 949. The molecule has 0 aromatic heterocycles. The van der Waals surface area contributed by atoms with Crippen LogP contribution in [0.5, 0.6) is 5.75 Å². The van der Waals surface area contributed by atoms with Gasteiger partial charge in [-0.25, -0.2) is 0 Å². The van der Waals surface area contributed by atoms with Crippen molar-refractivity contribution in [2.24, 2.45) is 0 Å². The maximum atomic E-state index is 12.7. The molecule has 2 aromatic rings. The van der Waals surface area contributed by atoms with Crippen LogP contribution < -0.4 is 10.1 Å². The molecule has 5 nitrogen and oxygen atoms in total. The molecule has 1 saturated heterocycles. The van der Waals surface area contributed by atoms with Crippen LogP contribution in [0, 0.1) is 0 Å². The lowest BCUT2D eigenvalue weighted by Crippen LogP contribution is -2.53. The van der Waals surface area contributed by atoms with E-state index in [0.717, 1.165) is 22.1 Å². The minimum atomic E-state index is -0.502. The SMILES string of the molecule is C=CCN1C(=O)/C(=C/c2ccc(OCC)c3ccccc23)C(=O)NC1=S. The average Bonchev–Trinajstić information content (AvgIpc) is 2.64. The average molecular weight is 366 g/mol. The van der Waals surface area contributed by atoms with Crippen LogP contribution in [0.1, 0.15) is 12.5 Å². The van der Waals surface area contributed by atoms with E-state index in [-0.39, 0.29) is 17.2 Å². The smallest absolute Gasteiger partial charge is 0.265 e. The van der Waals surface area contributed by atoms with Crippen LogP contribution >= 0.6 is 12.2 Å². The maximum absolute atomic E-state index is 12.7. The van der Waals surface area contributed by atoms with Gasteiger partial charge in [0, 0.05) is 11.9 Å². The topological polar surface area (TPSA) is 58.6 Å². The van der Waals surface area contributed by atoms with E-state index >= 15 is 0 Å². The molecule has 0 bridgehead atoms. The number of hydrogen-bond donors (Lipinski definition) is 1. The number of rotatable bonds is 5. The maximum Gasteiger partial charge on any atom is 0.265 e. The molecule has 1 heterocycles. The van der Waals surface area contributed by atoms with Crippen LogP contribution in [0.2, 0.25) is 0 Å². The zero-order valence-corrected chi connectivity index (χ0v) is 15.1. The highest BCUT2D eigenvalue weighted by molar-refractivity contribution is 7.80. The van der Waals surface area contributed by atoms with Crippen molar-refractivity contribution in [3.63, 3.8) is 0 Å². The first-order valence-corrected chi connectivity index (χ1v) is 8.62. The molecule has 1 aliphatic rings. The summed E-state index contributed by atoms with van der Waals surface area (Å²) in [6.45, 7) is 6.33. The van der Waals surface area contributed by atoms with E-state index in [4.69, 9.17) is 17.0 Å². The van der Waals surface area contributed by atoms with Gasteiger partial charge in [0.2, 0.25) is 0 Å². The lowest BCUT2D eigenvalue weighted by molar-refractivity contribution is -0.128. The van der Waals surface area contributed by atoms with Gasteiger partial charge in [0.15, 0.2) is 5.11 Å². The predicted octanol–water partition coefficient (Wildman–Crippen LogP) is 3.05. The highest BCUT2D eigenvalue weighted by Crippen LogP contribution is 2.30. The second kappa shape index (κ2) is 7.49. The van der Waals surface area contributed by atoms with Crippen molar-refractivity contribution < 1.29 is 14.3 Å².